The van der Waals surface area contributed by atoms with Crippen LogP contribution in [0.25, 0.3) is 22.2 Å². The highest BCUT2D eigenvalue weighted by Crippen LogP contribution is 2.26. The van der Waals surface area contributed by atoms with Crippen molar-refractivity contribution < 1.29 is 0 Å². The van der Waals surface area contributed by atoms with Crippen molar-refractivity contribution in [2.45, 2.75) is 23.4 Å². The number of nitrogens with zero attached hydrogens (tertiary/aromatic N) is 5. The van der Waals surface area contributed by atoms with Crippen LogP contribution in [0, 0.1) is 0 Å². The van der Waals surface area contributed by atoms with Gasteiger partial charge in [-0.3, -0.25) is 4.98 Å². The Morgan fingerprint density at radius 2 is 1.95 bits per heavy atom. The molecule has 0 amide bonds. The molecule has 0 aliphatic carbocycles. The Hall–Kier alpha value is -2.54. The molecule has 6 nitrogen and oxygen atoms in total. The van der Waals surface area contributed by atoms with Gasteiger partial charge in [0.1, 0.15) is 11.2 Å². The Balaban J connectivity index is 1.68. The molecule has 0 saturated heterocycles. The second-order valence-electron chi connectivity index (χ2n) is 4.78. The number of aromatic nitrogens is 6. The third-order valence-electron chi connectivity index (χ3n) is 3.29. The van der Waals surface area contributed by atoms with E-state index in [0.717, 1.165) is 33.6 Å². The van der Waals surface area contributed by atoms with Gasteiger partial charge in [-0.2, -0.15) is 0 Å². The second kappa shape index (κ2) is 5.34. The Kier molecular flexibility index (Phi) is 3.19. The number of hydrogen-bond donors (Lipinski definition) is 1. The quantitative estimate of drug-likeness (QED) is 0.586. The summed E-state index contributed by atoms with van der Waals surface area (Å²) in [5, 5.41) is 1.71. The largest absolute Gasteiger partial charge is 0.343 e. The first-order valence-electron chi connectivity index (χ1n) is 6.91. The van der Waals surface area contributed by atoms with Gasteiger partial charge in [-0.15, -0.1) is 0 Å². The molecule has 0 fully saturated rings. The van der Waals surface area contributed by atoms with Crippen LogP contribution in [0.3, 0.4) is 0 Å². The SMILES string of the molecule is CCc1cc2cnc(Sc3cnc4nccnc4c3)nc2[nH]1. The minimum atomic E-state index is 0.639. The Morgan fingerprint density at radius 3 is 2.86 bits per heavy atom. The molecule has 4 heterocycles. The van der Waals surface area contributed by atoms with Crippen molar-refractivity contribution in [3.8, 4) is 0 Å². The van der Waals surface area contributed by atoms with Crippen LogP contribution in [0.4, 0.5) is 0 Å². The number of nitrogens with one attached hydrogen (secondary N) is 1. The minimum Gasteiger partial charge on any atom is -0.343 e. The lowest BCUT2D eigenvalue weighted by molar-refractivity contribution is 0.985. The number of H-pyrrole nitrogens is 1. The van der Waals surface area contributed by atoms with E-state index in [0.29, 0.717) is 10.8 Å². The summed E-state index contributed by atoms with van der Waals surface area (Å²) in [6, 6.07) is 4.02. The van der Waals surface area contributed by atoms with Crippen molar-refractivity contribution in [3.05, 3.63) is 42.6 Å². The molecule has 0 aliphatic heterocycles. The molecule has 0 aliphatic rings. The summed E-state index contributed by atoms with van der Waals surface area (Å²) in [5.74, 6) is 0. The van der Waals surface area contributed by atoms with Gasteiger partial charge in [0.15, 0.2) is 10.8 Å². The van der Waals surface area contributed by atoms with Gasteiger partial charge in [0.25, 0.3) is 0 Å². The summed E-state index contributed by atoms with van der Waals surface area (Å²) >= 11 is 1.46. The number of rotatable bonds is 3. The number of hydrogen-bond acceptors (Lipinski definition) is 6. The van der Waals surface area contributed by atoms with E-state index in [9.17, 15) is 0 Å². The molecule has 0 unspecified atom stereocenters. The van der Waals surface area contributed by atoms with Crippen LogP contribution in [0.5, 0.6) is 0 Å². The molecular weight excluding hydrogens is 296 g/mol. The van der Waals surface area contributed by atoms with Crippen LogP contribution < -0.4 is 0 Å². The van der Waals surface area contributed by atoms with E-state index in [1.807, 2.05) is 12.3 Å². The predicted molar refractivity (Wildman–Crippen MR) is 84.7 cm³/mol. The van der Waals surface area contributed by atoms with Gasteiger partial charge >= 0.3 is 0 Å². The molecule has 4 rings (SSSR count). The summed E-state index contributed by atoms with van der Waals surface area (Å²) in [4.78, 5) is 25.9. The topological polar surface area (TPSA) is 80.2 Å². The molecule has 0 spiro atoms. The van der Waals surface area contributed by atoms with Crippen LogP contribution in [0.15, 0.2) is 47.0 Å². The molecule has 4 aromatic rings. The Labute approximate surface area is 130 Å². The van der Waals surface area contributed by atoms with E-state index >= 15 is 0 Å². The average Bonchev–Trinajstić information content (AvgIpc) is 2.97. The number of aromatic amines is 1. The third-order valence-corrected chi connectivity index (χ3v) is 4.13. The standard InChI is InChI=1S/C15H12N6S/c1-2-10-5-9-7-19-15(21-13(9)20-10)22-11-6-12-14(18-8-11)17-4-3-16-12/h3-8H,2H2,1H3,(H,19,20,21). The summed E-state index contributed by atoms with van der Waals surface area (Å²) in [7, 11) is 0. The predicted octanol–water partition coefficient (Wildman–Crippen LogP) is 3.01. The highest BCUT2D eigenvalue weighted by atomic mass is 32.2. The Morgan fingerprint density at radius 1 is 1.05 bits per heavy atom. The first kappa shape index (κ1) is 13.1. The summed E-state index contributed by atoms with van der Waals surface area (Å²) < 4.78 is 0. The van der Waals surface area contributed by atoms with Crippen molar-refractivity contribution in [2.75, 3.05) is 0 Å². The summed E-state index contributed by atoms with van der Waals surface area (Å²) in [5.41, 5.74) is 3.43. The minimum absolute atomic E-state index is 0.639. The van der Waals surface area contributed by atoms with Crippen molar-refractivity contribution in [2.24, 2.45) is 0 Å². The van der Waals surface area contributed by atoms with Crippen molar-refractivity contribution >= 4 is 34.0 Å². The fraction of sp³-hybridized carbons (Fsp3) is 0.133. The van der Waals surface area contributed by atoms with Gasteiger partial charge in [-0.1, -0.05) is 6.92 Å². The van der Waals surface area contributed by atoms with E-state index in [-0.39, 0.29) is 0 Å². The molecule has 0 saturated carbocycles. The fourth-order valence-electron chi connectivity index (χ4n) is 2.20. The zero-order valence-corrected chi connectivity index (χ0v) is 12.6. The average molecular weight is 308 g/mol. The number of pyridine rings is 1. The molecular formula is C15H12N6S. The lowest BCUT2D eigenvalue weighted by atomic mass is 10.3. The smallest absolute Gasteiger partial charge is 0.194 e. The lowest BCUT2D eigenvalue weighted by Gasteiger charge is -2.01. The molecule has 108 valence electrons. The zero-order chi connectivity index (χ0) is 14.9. The molecule has 0 bridgehead atoms. The van der Waals surface area contributed by atoms with Crippen molar-refractivity contribution in [3.63, 3.8) is 0 Å². The van der Waals surface area contributed by atoms with Gasteiger partial charge in [-0.25, -0.2) is 19.9 Å². The van der Waals surface area contributed by atoms with E-state index in [1.54, 1.807) is 18.6 Å². The molecule has 0 atom stereocenters. The van der Waals surface area contributed by atoms with Gasteiger partial charge in [0, 0.05) is 40.8 Å². The molecule has 7 heteroatoms. The zero-order valence-electron chi connectivity index (χ0n) is 11.8. The maximum absolute atomic E-state index is 4.55. The van der Waals surface area contributed by atoms with Gasteiger partial charge in [0.05, 0.1) is 0 Å². The van der Waals surface area contributed by atoms with Gasteiger partial charge in [-0.05, 0) is 30.3 Å². The lowest BCUT2D eigenvalue weighted by Crippen LogP contribution is -1.89. The monoisotopic (exact) mass is 308 g/mol. The van der Waals surface area contributed by atoms with Crippen molar-refractivity contribution in [1.29, 1.82) is 0 Å². The third kappa shape index (κ3) is 2.39. The van der Waals surface area contributed by atoms with Crippen molar-refractivity contribution in [1.82, 2.24) is 29.9 Å². The molecule has 0 aromatic carbocycles. The van der Waals surface area contributed by atoms with E-state index < -0.39 is 0 Å². The number of fused-ring (bicyclic) bond motifs is 2. The maximum Gasteiger partial charge on any atom is 0.194 e. The maximum atomic E-state index is 4.55. The summed E-state index contributed by atoms with van der Waals surface area (Å²) in [6.07, 6.45) is 7.85. The van der Waals surface area contributed by atoms with Gasteiger partial charge in [0.2, 0.25) is 0 Å². The van der Waals surface area contributed by atoms with E-state index in [4.69, 9.17) is 0 Å². The molecule has 1 N–H and O–H groups in total. The second-order valence-corrected chi connectivity index (χ2v) is 5.82. The molecule has 22 heavy (non-hydrogen) atoms. The first-order chi connectivity index (χ1) is 10.8. The number of aryl methyl sites for hydroxylation is 1. The fourth-order valence-corrected chi connectivity index (χ4v) is 2.93. The van der Waals surface area contributed by atoms with E-state index in [2.05, 4.69) is 42.9 Å². The first-order valence-corrected chi connectivity index (χ1v) is 7.73. The van der Waals surface area contributed by atoms with Crippen LogP contribution >= 0.6 is 11.8 Å². The van der Waals surface area contributed by atoms with Crippen LogP contribution in [0.2, 0.25) is 0 Å². The van der Waals surface area contributed by atoms with Crippen LogP contribution in [-0.4, -0.2) is 29.9 Å². The normalized spacial score (nSPS) is 11.3. The molecule has 0 radical (unpaired) electrons. The van der Waals surface area contributed by atoms with Crippen LogP contribution in [0.1, 0.15) is 12.6 Å². The summed E-state index contributed by atoms with van der Waals surface area (Å²) in [6.45, 7) is 2.11. The van der Waals surface area contributed by atoms with E-state index in [1.165, 1.54) is 11.8 Å². The highest BCUT2D eigenvalue weighted by molar-refractivity contribution is 7.99. The Bertz CT molecular complexity index is 964. The highest BCUT2D eigenvalue weighted by Gasteiger charge is 2.07. The van der Waals surface area contributed by atoms with Crippen LogP contribution in [-0.2, 0) is 6.42 Å². The molecule has 4 aromatic heterocycles. The van der Waals surface area contributed by atoms with Gasteiger partial charge < -0.3 is 4.98 Å².